The van der Waals surface area contributed by atoms with Crippen LogP contribution in [0.25, 0.3) is 0 Å². The molecule has 0 amide bonds. The Balaban J connectivity index is 2.26. The molecule has 0 radical (unpaired) electrons. The quantitative estimate of drug-likeness (QED) is 0.870. The van der Waals surface area contributed by atoms with E-state index in [0.717, 1.165) is 12.8 Å². The van der Waals surface area contributed by atoms with E-state index in [1.54, 1.807) is 6.20 Å². The molecule has 3 N–H and O–H groups in total. The number of halogens is 1. The molecule has 18 heavy (non-hydrogen) atoms. The molecule has 1 aliphatic carbocycles. The van der Waals surface area contributed by atoms with Crippen molar-refractivity contribution in [3.8, 4) is 0 Å². The zero-order valence-electron chi connectivity index (χ0n) is 10.5. The normalized spacial score (nSPS) is 23.9. The van der Waals surface area contributed by atoms with Gasteiger partial charge in [0.05, 0.1) is 11.9 Å². The van der Waals surface area contributed by atoms with Crippen LogP contribution in [-0.2, 0) is 0 Å². The lowest BCUT2D eigenvalue weighted by atomic mass is 9.83. The van der Waals surface area contributed by atoms with E-state index in [2.05, 4.69) is 15.1 Å². The molecule has 6 heteroatoms. The van der Waals surface area contributed by atoms with Crippen molar-refractivity contribution >= 4 is 17.3 Å². The number of hydrogen-bond acceptors (Lipinski definition) is 4. The summed E-state index contributed by atoms with van der Waals surface area (Å²) in [4.78, 5) is 13.5. The van der Waals surface area contributed by atoms with Crippen LogP contribution < -0.4 is 16.2 Å². The van der Waals surface area contributed by atoms with Crippen LogP contribution in [0.5, 0.6) is 0 Å². The highest BCUT2D eigenvalue weighted by atomic mass is 35.5. The number of hydrogen-bond donors (Lipinski definition) is 2. The predicted molar refractivity (Wildman–Crippen MR) is 73.1 cm³/mol. The van der Waals surface area contributed by atoms with Gasteiger partial charge in [0.15, 0.2) is 0 Å². The summed E-state index contributed by atoms with van der Waals surface area (Å²) in [7, 11) is 1.96. The second kappa shape index (κ2) is 5.71. The second-order valence-corrected chi connectivity index (χ2v) is 5.23. The zero-order valence-corrected chi connectivity index (χ0v) is 11.3. The minimum Gasteiger partial charge on any atom is -0.369 e. The molecule has 2 atom stereocenters. The fourth-order valence-electron chi connectivity index (χ4n) is 2.77. The lowest BCUT2D eigenvalue weighted by Crippen LogP contribution is -2.43. The Kier molecular flexibility index (Phi) is 4.24. The van der Waals surface area contributed by atoms with Crippen molar-refractivity contribution in [1.82, 2.24) is 10.2 Å². The van der Waals surface area contributed by atoms with Crippen LogP contribution in [0.15, 0.2) is 11.0 Å². The Labute approximate surface area is 111 Å². The topological polar surface area (TPSA) is 75.0 Å². The number of H-pyrrole nitrogens is 1. The first-order valence-electron chi connectivity index (χ1n) is 6.31. The number of aromatic nitrogens is 2. The number of anilines is 1. The summed E-state index contributed by atoms with van der Waals surface area (Å²) in [5, 5.41) is 6.35. The van der Waals surface area contributed by atoms with Crippen molar-refractivity contribution in [3.63, 3.8) is 0 Å². The van der Waals surface area contributed by atoms with E-state index in [4.69, 9.17) is 17.3 Å². The zero-order chi connectivity index (χ0) is 13.1. The Hall–Kier alpha value is -1.07. The first-order chi connectivity index (χ1) is 8.65. The fourth-order valence-corrected chi connectivity index (χ4v) is 3.00. The summed E-state index contributed by atoms with van der Waals surface area (Å²) < 4.78 is 0. The lowest BCUT2D eigenvalue weighted by molar-refractivity contribution is 0.306. The van der Waals surface area contributed by atoms with Crippen LogP contribution in [0, 0.1) is 5.92 Å². The van der Waals surface area contributed by atoms with Crippen LogP contribution in [0.3, 0.4) is 0 Å². The average Bonchev–Trinajstić information content (AvgIpc) is 2.41. The van der Waals surface area contributed by atoms with E-state index in [-0.39, 0.29) is 10.6 Å². The number of rotatable bonds is 3. The van der Waals surface area contributed by atoms with Gasteiger partial charge in [-0.25, -0.2) is 5.10 Å². The van der Waals surface area contributed by atoms with E-state index in [0.29, 0.717) is 24.2 Å². The summed E-state index contributed by atoms with van der Waals surface area (Å²) in [5.74, 6) is 0.458. The highest BCUT2D eigenvalue weighted by Gasteiger charge is 2.28. The number of nitrogens with two attached hydrogens (primary N) is 1. The van der Waals surface area contributed by atoms with Gasteiger partial charge in [0.25, 0.3) is 5.56 Å². The summed E-state index contributed by atoms with van der Waals surface area (Å²) in [6, 6.07) is 0.338. The monoisotopic (exact) mass is 270 g/mol. The van der Waals surface area contributed by atoms with Gasteiger partial charge in [0, 0.05) is 13.1 Å². The van der Waals surface area contributed by atoms with Crippen molar-refractivity contribution < 1.29 is 0 Å². The molecule has 1 heterocycles. The van der Waals surface area contributed by atoms with Crippen LogP contribution in [-0.4, -0.2) is 29.8 Å². The largest absolute Gasteiger partial charge is 0.369 e. The van der Waals surface area contributed by atoms with Crippen molar-refractivity contribution in [2.24, 2.45) is 11.7 Å². The Bertz CT molecular complexity index is 462. The van der Waals surface area contributed by atoms with Crippen LogP contribution >= 0.6 is 11.6 Å². The Morgan fingerprint density at radius 1 is 1.56 bits per heavy atom. The predicted octanol–water partition coefficient (Wildman–Crippen LogP) is 1.38. The summed E-state index contributed by atoms with van der Waals surface area (Å²) in [5.41, 5.74) is 6.17. The number of nitrogens with zero attached hydrogens (tertiary/aromatic N) is 2. The lowest BCUT2D eigenvalue weighted by Gasteiger charge is -2.38. The maximum atomic E-state index is 11.5. The molecule has 2 unspecified atom stereocenters. The van der Waals surface area contributed by atoms with Crippen molar-refractivity contribution in [1.29, 1.82) is 0 Å². The molecule has 1 saturated carbocycles. The van der Waals surface area contributed by atoms with E-state index < -0.39 is 0 Å². The van der Waals surface area contributed by atoms with Crippen LogP contribution in [0.4, 0.5) is 5.69 Å². The van der Waals surface area contributed by atoms with Gasteiger partial charge in [-0.1, -0.05) is 24.4 Å². The molecule has 1 fully saturated rings. The fraction of sp³-hybridized carbons (Fsp3) is 0.667. The highest BCUT2D eigenvalue weighted by molar-refractivity contribution is 6.32. The van der Waals surface area contributed by atoms with E-state index in [9.17, 15) is 4.79 Å². The number of aromatic amines is 1. The highest BCUT2D eigenvalue weighted by Crippen LogP contribution is 2.31. The van der Waals surface area contributed by atoms with Gasteiger partial charge in [0.2, 0.25) is 0 Å². The molecule has 1 aromatic rings. The van der Waals surface area contributed by atoms with Gasteiger partial charge in [-0.15, -0.1) is 0 Å². The molecule has 5 nitrogen and oxygen atoms in total. The molecular weight excluding hydrogens is 252 g/mol. The van der Waals surface area contributed by atoms with Gasteiger partial charge in [-0.3, -0.25) is 4.79 Å². The molecule has 0 spiro atoms. The SMILES string of the molecule is CN(c1cn[nH]c(=O)c1Cl)C1CCCCC1CN. The third-order valence-corrected chi connectivity index (χ3v) is 4.19. The van der Waals surface area contributed by atoms with Gasteiger partial charge < -0.3 is 10.6 Å². The first-order valence-corrected chi connectivity index (χ1v) is 6.69. The molecule has 2 rings (SSSR count). The van der Waals surface area contributed by atoms with Crippen molar-refractivity contribution in [3.05, 3.63) is 21.6 Å². The van der Waals surface area contributed by atoms with Crippen LogP contribution in [0.2, 0.25) is 5.02 Å². The number of nitrogens with one attached hydrogen (secondary N) is 1. The third-order valence-electron chi connectivity index (χ3n) is 3.83. The molecular formula is C12H19ClN4O. The van der Waals surface area contributed by atoms with Crippen molar-refractivity contribution in [2.75, 3.05) is 18.5 Å². The average molecular weight is 271 g/mol. The standard InChI is InChI=1S/C12H19ClN4O/c1-17(9-5-3-2-4-8(9)6-14)10-7-15-16-12(18)11(10)13/h7-9H,2-6,14H2,1H3,(H,16,18). The maximum Gasteiger partial charge on any atom is 0.285 e. The van der Waals surface area contributed by atoms with E-state index >= 15 is 0 Å². The molecule has 0 aromatic carbocycles. The molecule has 100 valence electrons. The summed E-state index contributed by atoms with van der Waals surface area (Å²) in [6.07, 6.45) is 6.25. The Morgan fingerprint density at radius 3 is 3.00 bits per heavy atom. The van der Waals surface area contributed by atoms with Crippen LogP contribution in [0.1, 0.15) is 25.7 Å². The second-order valence-electron chi connectivity index (χ2n) is 4.86. The van der Waals surface area contributed by atoms with E-state index in [1.165, 1.54) is 12.8 Å². The third kappa shape index (κ3) is 2.52. The van der Waals surface area contributed by atoms with E-state index in [1.807, 2.05) is 7.05 Å². The first kappa shape index (κ1) is 13.4. The van der Waals surface area contributed by atoms with Gasteiger partial charge in [-0.05, 0) is 25.3 Å². The molecule has 1 aromatic heterocycles. The molecule has 0 aliphatic heterocycles. The van der Waals surface area contributed by atoms with Gasteiger partial charge in [-0.2, -0.15) is 5.10 Å². The van der Waals surface area contributed by atoms with Gasteiger partial charge >= 0.3 is 0 Å². The van der Waals surface area contributed by atoms with Gasteiger partial charge in [0.1, 0.15) is 5.02 Å². The summed E-state index contributed by atoms with van der Waals surface area (Å²) in [6.45, 7) is 0.670. The molecule has 1 aliphatic rings. The minimum absolute atomic E-state index is 0.203. The van der Waals surface area contributed by atoms with Crippen molar-refractivity contribution in [2.45, 2.75) is 31.7 Å². The maximum absolute atomic E-state index is 11.5. The molecule has 0 bridgehead atoms. The Morgan fingerprint density at radius 2 is 2.28 bits per heavy atom. The molecule has 0 saturated heterocycles. The smallest absolute Gasteiger partial charge is 0.285 e. The summed E-state index contributed by atoms with van der Waals surface area (Å²) >= 11 is 6.04. The minimum atomic E-state index is -0.346.